The third-order valence-corrected chi connectivity index (χ3v) is 6.11. The molecule has 5 rings (SSSR count). The van der Waals surface area contributed by atoms with Gasteiger partial charge >= 0.3 is 24.3 Å². The Morgan fingerprint density at radius 2 is 1.43 bits per heavy atom. The summed E-state index contributed by atoms with van der Waals surface area (Å²) >= 11 is 6.35. The van der Waals surface area contributed by atoms with Gasteiger partial charge in [0.25, 0.3) is 5.91 Å². The van der Waals surface area contributed by atoms with Gasteiger partial charge in [-0.05, 0) is 72.0 Å². The molecule has 0 fully saturated rings. The first-order valence-electron chi connectivity index (χ1n) is 13.1. The average Bonchev–Trinajstić information content (AvgIpc) is 3.01. The van der Waals surface area contributed by atoms with Crippen molar-refractivity contribution in [3.05, 3.63) is 100 Å². The Labute approximate surface area is 266 Å². The maximum Gasteiger partial charge on any atom is 0.490 e. The number of alkyl halides is 6. The number of amides is 1. The first kappa shape index (κ1) is 36.0. The average molecular weight is 685 g/mol. The molecule has 0 unspecified atom stereocenters. The van der Waals surface area contributed by atoms with Crippen molar-refractivity contribution in [2.45, 2.75) is 31.7 Å². The van der Waals surface area contributed by atoms with Gasteiger partial charge in [0.1, 0.15) is 5.02 Å². The van der Waals surface area contributed by atoms with E-state index in [0.29, 0.717) is 28.9 Å². The zero-order chi connectivity index (χ0) is 34.8. The number of hydrogen-bond donors (Lipinski definition) is 5. The highest BCUT2D eigenvalue weighted by molar-refractivity contribution is 6.32. The minimum absolute atomic E-state index is 0.154. The Bertz CT molecular complexity index is 1700. The van der Waals surface area contributed by atoms with Gasteiger partial charge in [-0.2, -0.15) is 31.3 Å². The van der Waals surface area contributed by atoms with Crippen molar-refractivity contribution in [1.82, 2.24) is 20.3 Å². The zero-order valence-electron chi connectivity index (χ0n) is 23.7. The third-order valence-electron chi connectivity index (χ3n) is 5.83. The quantitative estimate of drug-likeness (QED) is 0.154. The molecule has 0 saturated heterocycles. The fourth-order valence-electron chi connectivity index (χ4n) is 3.70. The minimum Gasteiger partial charge on any atom is -0.475 e. The lowest BCUT2D eigenvalue weighted by molar-refractivity contribution is -0.193. The molecule has 248 valence electrons. The highest BCUT2D eigenvalue weighted by atomic mass is 35.5. The van der Waals surface area contributed by atoms with Gasteiger partial charge in [0.15, 0.2) is 5.82 Å². The van der Waals surface area contributed by atoms with Crippen LogP contribution in [0.5, 0.6) is 0 Å². The molecule has 18 heteroatoms. The first-order chi connectivity index (χ1) is 22.0. The number of carboxylic acids is 2. The number of halogens is 7. The van der Waals surface area contributed by atoms with Crippen LogP contribution in [0.3, 0.4) is 0 Å². The van der Waals surface area contributed by atoms with Gasteiger partial charge in [-0.15, -0.1) is 0 Å². The lowest BCUT2D eigenvalue weighted by Crippen LogP contribution is -2.23. The summed E-state index contributed by atoms with van der Waals surface area (Å²) in [6.45, 7) is 0.425. The van der Waals surface area contributed by atoms with Crippen LogP contribution in [0, 0.1) is 0 Å². The normalized spacial score (nSPS) is 12.0. The SMILES string of the molecule is O=C(NCc1ccncc1)c1cc2cc(c1)Nc1nc(ncc1Cl)Nc1cccc(c1)CC2.O=C(O)C(F)(F)F.O=C(O)C(F)(F)F. The number of nitrogens with zero attached hydrogens (tertiary/aromatic N) is 3. The van der Waals surface area contributed by atoms with Gasteiger partial charge in [0.2, 0.25) is 5.95 Å². The number of hydrogen-bond acceptors (Lipinski definition) is 8. The minimum atomic E-state index is -5.08. The molecule has 2 aromatic carbocycles. The number of aromatic nitrogens is 3. The number of carbonyl (C=O) groups excluding carboxylic acids is 1. The molecule has 1 aliphatic rings. The molecule has 3 heterocycles. The molecule has 6 bridgehead atoms. The van der Waals surface area contributed by atoms with Crippen LogP contribution in [0.2, 0.25) is 5.02 Å². The van der Waals surface area contributed by atoms with Crippen LogP contribution in [-0.4, -0.2) is 55.4 Å². The predicted octanol–water partition coefficient (Wildman–Crippen LogP) is 6.31. The molecule has 47 heavy (non-hydrogen) atoms. The van der Waals surface area contributed by atoms with Crippen molar-refractivity contribution < 1.29 is 50.9 Å². The molecule has 5 N–H and O–H groups in total. The Hall–Kier alpha value is -5.45. The lowest BCUT2D eigenvalue weighted by Gasteiger charge is -2.13. The second kappa shape index (κ2) is 15.7. The van der Waals surface area contributed by atoms with Crippen molar-refractivity contribution in [1.29, 1.82) is 0 Å². The highest BCUT2D eigenvalue weighted by Gasteiger charge is 2.38. The first-order valence-corrected chi connectivity index (χ1v) is 13.5. The molecule has 0 saturated carbocycles. The summed E-state index contributed by atoms with van der Waals surface area (Å²) in [6, 6.07) is 17.6. The monoisotopic (exact) mass is 684 g/mol. The maximum atomic E-state index is 13.0. The Morgan fingerprint density at radius 1 is 0.830 bits per heavy atom. The fourth-order valence-corrected chi connectivity index (χ4v) is 3.84. The van der Waals surface area contributed by atoms with E-state index in [2.05, 4.69) is 43.0 Å². The summed E-state index contributed by atoms with van der Waals surface area (Å²) in [7, 11) is 0. The van der Waals surface area contributed by atoms with E-state index in [1.54, 1.807) is 24.7 Å². The summed E-state index contributed by atoms with van der Waals surface area (Å²) in [5.41, 5.74) is 5.41. The van der Waals surface area contributed by atoms with Crippen LogP contribution in [0.4, 0.5) is 49.5 Å². The Kier molecular flexibility index (Phi) is 12.0. The van der Waals surface area contributed by atoms with Crippen molar-refractivity contribution in [3.63, 3.8) is 0 Å². The van der Waals surface area contributed by atoms with Crippen LogP contribution in [0.15, 0.2) is 73.2 Å². The van der Waals surface area contributed by atoms with Gasteiger partial charge in [-0.1, -0.05) is 23.7 Å². The molecule has 0 atom stereocenters. The topological polar surface area (TPSA) is 166 Å². The van der Waals surface area contributed by atoms with Crippen LogP contribution in [-0.2, 0) is 29.0 Å². The number of carbonyl (C=O) groups is 3. The van der Waals surface area contributed by atoms with Crippen LogP contribution in [0.1, 0.15) is 27.0 Å². The van der Waals surface area contributed by atoms with Gasteiger partial charge < -0.3 is 26.2 Å². The summed E-state index contributed by atoms with van der Waals surface area (Å²) in [5, 5.41) is 24.1. The number of aliphatic carboxylic acids is 2. The van der Waals surface area contributed by atoms with E-state index >= 15 is 0 Å². The molecule has 0 radical (unpaired) electrons. The Morgan fingerprint density at radius 3 is 2.04 bits per heavy atom. The number of fused-ring (bicyclic) bond motifs is 6. The standard InChI is InChI=1S/C25H21ClN6O.2C2HF3O2/c26-22-15-29-25-31-20-3-1-2-16(11-20)4-5-18-10-19(13-21(12-18)30-23(22)32-25)24(33)28-14-17-6-8-27-9-7-17;2*3-2(4,5)1(6)7/h1-3,6-13,15H,4-5,14H2,(H,28,33)(H2,29,30,31,32);2*(H,6,7). The van der Waals surface area contributed by atoms with Crippen molar-refractivity contribution in [3.8, 4) is 0 Å². The summed E-state index contributed by atoms with van der Waals surface area (Å²) in [6.07, 6.45) is -3.59. The van der Waals surface area contributed by atoms with E-state index in [1.807, 2.05) is 36.4 Å². The number of nitrogens with one attached hydrogen (secondary N) is 3. The molecule has 4 aromatic rings. The van der Waals surface area contributed by atoms with E-state index in [1.165, 1.54) is 5.56 Å². The second-order valence-corrected chi connectivity index (χ2v) is 9.81. The molecular formula is C29H23ClF6N6O5. The van der Waals surface area contributed by atoms with Gasteiger partial charge in [0.05, 0.1) is 6.20 Å². The molecule has 2 aromatic heterocycles. The molecule has 0 spiro atoms. The zero-order valence-corrected chi connectivity index (χ0v) is 24.4. The summed E-state index contributed by atoms with van der Waals surface area (Å²) in [5.74, 6) is -4.77. The Balaban J connectivity index is 0.000000360. The van der Waals surface area contributed by atoms with Gasteiger partial charge in [-0.3, -0.25) is 9.78 Å². The number of aryl methyl sites for hydroxylation is 2. The summed E-state index contributed by atoms with van der Waals surface area (Å²) < 4.78 is 63.5. The highest BCUT2D eigenvalue weighted by Crippen LogP contribution is 2.28. The number of benzene rings is 2. The van der Waals surface area contributed by atoms with E-state index in [-0.39, 0.29) is 5.91 Å². The second-order valence-electron chi connectivity index (χ2n) is 9.40. The summed E-state index contributed by atoms with van der Waals surface area (Å²) in [4.78, 5) is 43.6. The number of carboxylic acid groups (broad SMARTS) is 2. The molecule has 0 aliphatic carbocycles. The van der Waals surface area contributed by atoms with E-state index in [0.717, 1.165) is 35.3 Å². The smallest absolute Gasteiger partial charge is 0.475 e. The van der Waals surface area contributed by atoms with Gasteiger partial charge in [-0.25, -0.2) is 14.6 Å². The molecular weight excluding hydrogens is 662 g/mol. The largest absolute Gasteiger partial charge is 0.490 e. The van der Waals surface area contributed by atoms with E-state index in [9.17, 15) is 31.1 Å². The number of anilines is 4. The van der Waals surface area contributed by atoms with Crippen LogP contribution in [0.25, 0.3) is 0 Å². The van der Waals surface area contributed by atoms with E-state index < -0.39 is 24.3 Å². The van der Waals surface area contributed by atoms with Crippen molar-refractivity contribution >= 4 is 52.6 Å². The number of rotatable bonds is 3. The third kappa shape index (κ3) is 11.8. The molecule has 1 aliphatic heterocycles. The van der Waals surface area contributed by atoms with Crippen LogP contribution >= 0.6 is 11.6 Å². The van der Waals surface area contributed by atoms with Gasteiger partial charge in [0, 0.05) is 35.9 Å². The lowest BCUT2D eigenvalue weighted by atomic mass is 10.0. The molecule has 11 nitrogen and oxygen atoms in total. The van der Waals surface area contributed by atoms with Crippen LogP contribution < -0.4 is 16.0 Å². The maximum absolute atomic E-state index is 13.0. The molecule has 1 amide bonds. The number of pyridine rings is 1. The van der Waals surface area contributed by atoms with E-state index in [4.69, 9.17) is 31.4 Å². The predicted molar refractivity (Wildman–Crippen MR) is 157 cm³/mol. The fraction of sp³-hybridized carbons (Fsp3) is 0.172. The van der Waals surface area contributed by atoms with Crippen molar-refractivity contribution in [2.75, 3.05) is 10.6 Å². The van der Waals surface area contributed by atoms with Crippen molar-refractivity contribution in [2.24, 2.45) is 0 Å².